The summed E-state index contributed by atoms with van der Waals surface area (Å²) < 4.78 is 10.9. The number of aliphatic hydroxyl groups is 1. The van der Waals surface area contributed by atoms with Crippen LogP contribution in [0.5, 0.6) is 0 Å². The number of aliphatic hydroxyl groups excluding tert-OH is 1. The minimum absolute atomic E-state index is 0. The Bertz CT molecular complexity index is 2080. The van der Waals surface area contributed by atoms with Crippen molar-refractivity contribution in [2.45, 2.75) is 74.0 Å². The molecule has 1 aliphatic carbocycles. The van der Waals surface area contributed by atoms with Crippen molar-refractivity contribution in [2.24, 2.45) is 17.8 Å². The molecular formula is C40H44MgN4O5-2. The number of carbonyl (C=O) groups excluding carboxylic acids is 2. The number of nitrogens with zero attached hydrogens (tertiary/aromatic N) is 4. The van der Waals surface area contributed by atoms with Gasteiger partial charge in [0.05, 0.1) is 13.7 Å². The minimum Gasteiger partial charge on any atom is -0.664 e. The molecule has 50 heavy (non-hydrogen) atoms. The number of rotatable bonds is 9. The maximum Gasteiger partial charge on any atom is 2.00 e. The van der Waals surface area contributed by atoms with Gasteiger partial charge in [-0.2, -0.15) is 11.4 Å². The Labute approximate surface area is 309 Å². The van der Waals surface area contributed by atoms with Gasteiger partial charge in [0.1, 0.15) is 5.92 Å². The van der Waals surface area contributed by atoms with Gasteiger partial charge in [-0.15, -0.1) is 33.5 Å². The quantitative estimate of drug-likeness (QED) is 0.113. The molecule has 5 heterocycles. The summed E-state index contributed by atoms with van der Waals surface area (Å²) in [6.45, 7) is 18.5. The maximum atomic E-state index is 14.2. The van der Waals surface area contributed by atoms with E-state index in [0.29, 0.717) is 53.2 Å². The van der Waals surface area contributed by atoms with Crippen molar-refractivity contribution in [2.75, 3.05) is 13.7 Å². The third-order valence-electron chi connectivity index (χ3n) is 10.3. The van der Waals surface area contributed by atoms with E-state index >= 15 is 0 Å². The summed E-state index contributed by atoms with van der Waals surface area (Å²) in [7, 11) is 1.29. The van der Waals surface area contributed by atoms with E-state index in [1.165, 1.54) is 7.11 Å². The topological polar surface area (TPSA) is 129 Å². The SMILES string of the molecule is C=Cc1c2[n-]c(c1C)/C=C1\[N-]/C(=C3\c4[n-]c(c(C)c4C(=O)[C@@H]3C(=O)OC)/C=c3\[n-]/c(c(C)c3CC)=C\2)[C@@H](CCC(O)OCC=C(C)C)[C@@H]1C.[Mg+2]. The second-order valence-electron chi connectivity index (χ2n) is 13.4. The molecule has 2 aliphatic heterocycles. The molecule has 3 aromatic heterocycles. The van der Waals surface area contributed by atoms with Crippen LogP contribution in [0, 0.1) is 38.5 Å². The largest absolute Gasteiger partial charge is 2.00 e. The Morgan fingerprint density at radius 1 is 1.02 bits per heavy atom. The van der Waals surface area contributed by atoms with Crippen LogP contribution >= 0.6 is 0 Å². The van der Waals surface area contributed by atoms with Gasteiger partial charge >= 0.3 is 29.0 Å². The molecule has 0 radical (unpaired) electrons. The van der Waals surface area contributed by atoms with Crippen LogP contribution in [0.2, 0.25) is 0 Å². The predicted molar refractivity (Wildman–Crippen MR) is 196 cm³/mol. The normalized spacial score (nSPS) is 23.4. The number of Topliss-reactive ketones (excluding diaryl/α,β-unsaturated/α-hetero) is 1. The van der Waals surface area contributed by atoms with Crippen molar-refractivity contribution < 1.29 is 24.2 Å². The van der Waals surface area contributed by atoms with Crippen molar-refractivity contribution in [1.82, 2.24) is 15.0 Å². The van der Waals surface area contributed by atoms with E-state index in [0.717, 1.165) is 62.0 Å². The van der Waals surface area contributed by atoms with E-state index in [2.05, 4.69) is 27.4 Å². The van der Waals surface area contributed by atoms with Crippen molar-refractivity contribution in [1.29, 1.82) is 0 Å². The van der Waals surface area contributed by atoms with E-state index < -0.39 is 18.2 Å². The Hall–Kier alpha value is -3.83. The zero-order valence-electron chi connectivity index (χ0n) is 30.3. The zero-order chi connectivity index (χ0) is 35.3. The van der Waals surface area contributed by atoms with Crippen molar-refractivity contribution in [3.63, 3.8) is 0 Å². The molecule has 1 fully saturated rings. The number of hydrogen-bond donors (Lipinski definition) is 1. The Balaban J connectivity index is 0.00000486. The third kappa shape index (κ3) is 6.43. The van der Waals surface area contributed by atoms with Crippen molar-refractivity contribution in [3.05, 3.63) is 102 Å². The van der Waals surface area contributed by atoms with Gasteiger partial charge in [0.25, 0.3) is 0 Å². The van der Waals surface area contributed by atoms with Crippen LogP contribution in [0.1, 0.15) is 101 Å². The second kappa shape index (κ2) is 14.8. The van der Waals surface area contributed by atoms with Gasteiger partial charge in [0.2, 0.25) is 0 Å². The van der Waals surface area contributed by atoms with Crippen molar-refractivity contribution >= 4 is 64.7 Å². The van der Waals surface area contributed by atoms with Gasteiger partial charge in [-0.05, 0) is 71.3 Å². The van der Waals surface area contributed by atoms with Crippen LogP contribution in [0.25, 0.3) is 35.2 Å². The molecule has 8 bridgehead atoms. The van der Waals surface area contributed by atoms with E-state index in [1.54, 1.807) is 0 Å². The Kier molecular flexibility index (Phi) is 11.1. The molecule has 0 saturated carbocycles. The van der Waals surface area contributed by atoms with Crippen LogP contribution < -0.4 is 25.7 Å². The summed E-state index contributed by atoms with van der Waals surface area (Å²) in [4.78, 5) is 42.7. The van der Waals surface area contributed by atoms with Crippen LogP contribution in [0.3, 0.4) is 0 Å². The molecule has 3 aromatic rings. The van der Waals surface area contributed by atoms with Crippen LogP contribution in [-0.2, 0) is 20.7 Å². The minimum atomic E-state index is -1.19. The molecule has 4 atom stereocenters. The number of ether oxygens (including phenoxy) is 2. The fraction of sp³-hybridized carbons (Fsp3) is 0.400. The summed E-state index contributed by atoms with van der Waals surface area (Å²) in [5.41, 5.74) is 10.7. The van der Waals surface area contributed by atoms with Gasteiger partial charge in [-0.3, -0.25) is 9.59 Å². The number of hydrogen-bond acceptors (Lipinski definition) is 5. The fourth-order valence-electron chi connectivity index (χ4n) is 7.38. The van der Waals surface area contributed by atoms with E-state index in [4.69, 9.17) is 29.7 Å². The maximum absolute atomic E-state index is 14.2. The van der Waals surface area contributed by atoms with E-state index in [1.807, 2.05) is 58.1 Å². The summed E-state index contributed by atoms with van der Waals surface area (Å²) in [6, 6.07) is 0. The molecule has 1 saturated heterocycles. The molecule has 0 spiro atoms. The number of fused-ring (bicyclic) bond motifs is 7. The first-order chi connectivity index (χ1) is 23.4. The monoisotopic (exact) mass is 684 g/mol. The second-order valence-corrected chi connectivity index (χ2v) is 13.4. The number of allylic oxidation sites excluding steroid dienone is 3. The van der Waals surface area contributed by atoms with Crippen LogP contribution in [-0.4, -0.2) is 59.9 Å². The summed E-state index contributed by atoms with van der Waals surface area (Å²) in [5.74, 6) is -2.56. The predicted octanol–water partition coefficient (Wildman–Crippen LogP) is 4.74. The third-order valence-corrected chi connectivity index (χ3v) is 10.3. The number of aromatic nitrogens is 3. The summed E-state index contributed by atoms with van der Waals surface area (Å²) in [6.07, 6.45) is 10.3. The standard InChI is InChI=1S/C40H45N4O5.Mg/c1-10-24-20(5)27-16-29-22(7)26(12-13-33(45)49-15-14-19(3)4)37(43-29)35-36(40(47)48-9)39(46)34-23(8)30(44-38(34)35)18-32-25(11-2)21(6)28(42-32)17-31(24)41-27;/h10,14,16-18,22,26,33,36,45H,1,11-13,15H2,2-9H3,(H-,43,44,46);/q-3;+2/p-1/b28-17-,29-16-,32-18-;/t22-,26-,33?,36+;/m0./s1. The number of esters is 1. The van der Waals surface area contributed by atoms with Gasteiger partial charge in [0.15, 0.2) is 12.1 Å². The molecule has 10 heteroatoms. The van der Waals surface area contributed by atoms with Gasteiger partial charge < -0.3 is 34.8 Å². The number of ketones is 1. The first-order valence-corrected chi connectivity index (χ1v) is 16.9. The first-order valence-electron chi connectivity index (χ1n) is 16.9. The Morgan fingerprint density at radius 3 is 2.38 bits per heavy atom. The molecule has 258 valence electrons. The van der Waals surface area contributed by atoms with E-state index in [9.17, 15) is 14.7 Å². The molecule has 1 N–H and O–H groups in total. The molecular weight excluding hydrogens is 641 g/mol. The average Bonchev–Trinajstić information content (AvgIpc) is 3.80. The molecule has 0 aromatic carbocycles. The van der Waals surface area contributed by atoms with Gasteiger partial charge in [-0.1, -0.05) is 84.2 Å². The Morgan fingerprint density at radius 2 is 1.72 bits per heavy atom. The number of methoxy groups -OCH3 is 1. The average molecular weight is 685 g/mol. The van der Waals surface area contributed by atoms with E-state index in [-0.39, 0.29) is 40.7 Å². The zero-order valence-corrected chi connectivity index (χ0v) is 31.7. The van der Waals surface area contributed by atoms with Crippen LogP contribution in [0.15, 0.2) is 29.6 Å². The molecule has 9 nitrogen and oxygen atoms in total. The first kappa shape index (κ1) is 37.4. The number of carbonyl (C=O) groups is 2. The van der Waals surface area contributed by atoms with Crippen LogP contribution in [0.4, 0.5) is 0 Å². The summed E-state index contributed by atoms with van der Waals surface area (Å²) in [5, 5.41) is 17.6. The molecule has 6 rings (SSSR count). The fourth-order valence-corrected chi connectivity index (χ4v) is 7.38. The molecule has 1 unspecified atom stereocenters. The molecule has 3 aliphatic rings. The van der Waals surface area contributed by atoms with Gasteiger partial charge in [-0.25, -0.2) is 0 Å². The molecule has 0 amide bonds. The smallest absolute Gasteiger partial charge is 0.664 e. The van der Waals surface area contributed by atoms with Gasteiger partial charge in [0, 0.05) is 5.56 Å². The summed E-state index contributed by atoms with van der Waals surface area (Å²) >= 11 is 0. The van der Waals surface area contributed by atoms with Crippen molar-refractivity contribution in [3.8, 4) is 0 Å².